The molecule has 3 heterocycles. The van der Waals surface area contributed by atoms with Gasteiger partial charge in [0, 0.05) is 42.0 Å². The van der Waals surface area contributed by atoms with Crippen molar-refractivity contribution in [1.29, 1.82) is 0 Å². The maximum Gasteiger partial charge on any atom is 0.155 e. The minimum Gasteiger partial charge on any atom is -0.308 e. The molecule has 0 aliphatic carbocycles. The summed E-state index contributed by atoms with van der Waals surface area (Å²) in [5.74, 6) is 0. The van der Waals surface area contributed by atoms with Gasteiger partial charge in [0.15, 0.2) is 5.65 Å². The van der Waals surface area contributed by atoms with Gasteiger partial charge in [0.25, 0.3) is 0 Å². The fourth-order valence-corrected chi connectivity index (χ4v) is 2.96. The fourth-order valence-electron chi connectivity index (χ4n) is 1.90. The number of nitrogens with one attached hydrogen (secondary N) is 1. The van der Waals surface area contributed by atoms with Gasteiger partial charge in [-0.3, -0.25) is 0 Å². The third-order valence-corrected chi connectivity index (χ3v) is 3.98. The van der Waals surface area contributed by atoms with E-state index < -0.39 is 0 Å². The lowest BCUT2D eigenvalue weighted by molar-refractivity contribution is 0.692. The number of fused-ring (bicyclic) bond motifs is 1. The summed E-state index contributed by atoms with van der Waals surface area (Å²) < 4.78 is 2.64. The predicted molar refractivity (Wildman–Crippen MR) is 77.6 cm³/mol. The van der Waals surface area contributed by atoms with E-state index in [9.17, 15) is 0 Å². The highest BCUT2D eigenvalue weighted by atomic mass is 35.5. The van der Waals surface area contributed by atoms with Crippen LogP contribution in [-0.2, 0) is 13.1 Å². The predicted octanol–water partition coefficient (Wildman–Crippen LogP) is 3.04. The van der Waals surface area contributed by atoms with Gasteiger partial charge in [-0.1, -0.05) is 11.6 Å². The third kappa shape index (κ3) is 2.94. The van der Waals surface area contributed by atoms with Gasteiger partial charge in [0.05, 0.1) is 10.0 Å². The van der Waals surface area contributed by atoms with Gasteiger partial charge in [0.1, 0.15) is 0 Å². The maximum atomic E-state index is 5.89. The molecule has 0 aliphatic heterocycles. The van der Waals surface area contributed by atoms with Crippen molar-refractivity contribution >= 4 is 28.6 Å². The molecule has 0 radical (unpaired) electrons. The van der Waals surface area contributed by atoms with Gasteiger partial charge >= 0.3 is 0 Å². The molecule has 6 heteroatoms. The zero-order chi connectivity index (χ0) is 13.2. The standard InChI is InChI=1S/C13H13ClN4S/c1-9-4-13-16-6-10(8-18(13)17-9)5-15-7-11-2-3-12(14)19-11/h2-4,6,8,15H,5,7H2,1H3. The van der Waals surface area contributed by atoms with Gasteiger partial charge in [0.2, 0.25) is 0 Å². The second-order valence-corrected chi connectivity index (χ2v) is 6.16. The molecule has 0 aliphatic rings. The summed E-state index contributed by atoms with van der Waals surface area (Å²) in [6.07, 6.45) is 3.88. The molecule has 0 saturated carbocycles. The number of aromatic nitrogens is 3. The average Bonchev–Trinajstić information content (AvgIpc) is 2.94. The minimum absolute atomic E-state index is 0.761. The molecule has 0 bridgehead atoms. The summed E-state index contributed by atoms with van der Waals surface area (Å²) in [7, 11) is 0. The lowest BCUT2D eigenvalue weighted by Gasteiger charge is -2.03. The smallest absolute Gasteiger partial charge is 0.155 e. The molecule has 3 aromatic rings. The van der Waals surface area contributed by atoms with Crippen LogP contribution >= 0.6 is 22.9 Å². The lowest BCUT2D eigenvalue weighted by atomic mass is 10.3. The average molecular weight is 293 g/mol. The Balaban J connectivity index is 1.64. The van der Waals surface area contributed by atoms with Crippen LogP contribution < -0.4 is 5.32 Å². The Morgan fingerprint density at radius 3 is 3.05 bits per heavy atom. The molecule has 0 fully saturated rings. The van der Waals surface area contributed by atoms with Crippen molar-refractivity contribution in [2.75, 3.05) is 0 Å². The Hall–Kier alpha value is -1.43. The van der Waals surface area contributed by atoms with E-state index in [1.807, 2.05) is 42.0 Å². The number of halogens is 1. The van der Waals surface area contributed by atoms with E-state index in [-0.39, 0.29) is 0 Å². The van der Waals surface area contributed by atoms with Crippen LogP contribution in [0.2, 0.25) is 4.34 Å². The molecule has 3 rings (SSSR count). The molecule has 0 aromatic carbocycles. The van der Waals surface area contributed by atoms with Crippen LogP contribution in [0.1, 0.15) is 16.1 Å². The van der Waals surface area contributed by atoms with E-state index in [2.05, 4.69) is 15.4 Å². The molecule has 98 valence electrons. The van der Waals surface area contributed by atoms with E-state index in [0.29, 0.717) is 0 Å². The second kappa shape index (κ2) is 5.28. The van der Waals surface area contributed by atoms with E-state index in [0.717, 1.165) is 34.3 Å². The molecule has 3 aromatic heterocycles. The van der Waals surface area contributed by atoms with E-state index in [4.69, 9.17) is 11.6 Å². The Kier molecular flexibility index (Phi) is 3.50. The normalized spacial score (nSPS) is 11.3. The molecule has 0 spiro atoms. The monoisotopic (exact) mass is 292 g/mol. The number of aryl methyl sites for hydroxylation is 1. The summed E-state index contributed by atoms with van der Waals surface area (Å²) >= 11 is 7.49. The Morgan fingerprint density at radius 2 is 2.26 bits per heavy atom. The minimum atomic E-state index is 0.761. The molecule has 0 atom stereocenters. The summed E-state index contributed by atoms with van der Waals surface area (Å²) in [5.41, 5.74) is 2.97. The Bertz CT molecular complexity index is 704. The zero-order valence-electron chi connectivity index (χ0n) is 10.4. The van der Waals surface area contributed by atoms with E-state index in [1.54, 1.807) is 11.3 Å². The number of hydrogen-bond donors (Lipinski definition) is 1. The highest BCUT2D eigenvalue weighted by Gasteiger charge is 2.01. The van der Waals surface area contributed by atoms with Gasteiger partial charge in [-0.05, 0) is 19.1 Å². The first-order chi connectivity index (χ1) is 9.20. The van der Waals surface area contributed by atoms with Crippen molar-refractivity contribution in [2.45, 2.75) is 20.0 Å². The molecule has 0 unspecified atom stereocenters. The second-order valence-electron chi connectivity index (χ2n) is 4.36. The fraction of sp³-hybridized carbons (Fsp3) is 0.231. The first-order valence-electron chi connectivity index (χ1n) is 5.96. The molecule has 0 amide bonds. The SMILES string of the molecule is Cc1cc2ncc(CNCc3ccc(Cl)s3)cn2n1. The molecular formula is C13H13ClN4S. The molecule has 1 N–H and O–H groups in total. The van der Waals surface area contributed by atoms with Crippen LogP contribution in [0.5, 0.6) is 0 Å². The number of hydrogen-bond acceptors (Lipinski definition) is 4. The van der Waals surface area contributed by atoms with E-state index >= 15 is 0 Å². The molecule has 4 nitrogen and oxygen atoms in total. The third-order valence-electron chi connectivity index (χ3n) is 2.75. The number of rotatable bonds is 4. The van der Waals surface area contributed by atoms with Gasteiger partial charge in [-0.2, -0.15) is 5.10 Å². The summed E-state index contributed by atoms with van der Waals surface area (Å²) in [5, 5.41) is 7.73. The molecule has 0 saturated heterocycles. The van der Waals surface area contributed by atoms with Crippen LogP contribution in [0.3, 0.4) is 0 Å². The van der Waals surface area contributed by atoms with Crippen LogP contribution in [-0.4, -0.2) is 14.6 Å². The van der Waals surface area contributed by atoms with Crippen LogP contribution in [0, 0.1) is 6.92 Å². The highest BCUT2D eigenvalue weighted by molar-refractivity contribution is 7.16. The highest BCUT2D eigenvalue weighted by Crippen LogP contribution is 2.21. The van der Waals surface area contributed by atoms with E-state index in [1.165, 1.54) is 4.88 Å². The first kappa shape index (κ1) is 12.6. The largest absolute Gasteiger partial charge is 0.308 e. The molecule has 19 heavy (non-hydrogen) atoms. The van der Waals surface area contributed by atoms with Crippen molar-refractivity contribution in [3.63, 3.8) is 0 Å². The van der Waals surface area contributed by atoms with Gasteiger partial charge < -0.3 is 5.32 Å². The van der Waals surface area contributed by atoms with Crippen LogP contribution in [0.4, 0.5) is 0 Å². The van der Waals surface area contributed by atoms with Crippen molar-refractivity contribution < 1.29 is 0 Å². The van der Waals surface area contributed by atoms with Crippen molar-refractivity contribution in [1.82, 2.24) is 19.9 Å². The van der Waals surface area contributed by atoms with Crippen LogP contribution in [0.25, 0.3) is 5.65 Å². The topological polar surface area (TPSA) is 42.2 Å². The summed E-state index contributed by atoms with van der Waals surface area (Å²) in [4.78, 5) is 5.60. The zero-order valence-corrected chi connectivity index (χ0v) is 12.0. The van der Waals surface area contributed by atoms with Gasteiger partial charge in [-0.25, -0.2) is 9.50 Å². The Labute approximate surface area is 120 Å². The number of nitrogens with zero attached hydrogens (tertiary/aromatic N) is 3. The molecular weight excluding hydrogens is 280 g/mol. The quantitative estimate of drug-likeness (QED) is 0.804. The number of thiophene rings is 1. The lowest BCUT2D eigenvalue weighted by Crippen LogP contribution is -2.12. The summed E-state index contributed by atoms with van der Waals surface area (Å²) in [6.45, 7) is 3.54. The van der Waals surface area contributed by atoms with Gasteiger partial charge in [-0.15, -0.1) is 11.3 Å². The van der Waals surface area contributed by atoms with Crippen LogP contribution in [0.15, 0.2) is 30.6 Å². The van der Waals surface area contributed by atoms with Crippen molar-refractivity contribution in [3.8, 4) is 0 Å². The maximum absolute atomic E-state index is 5.89. The Morgan fingerprint density at radius 1 is 1.37 bits per heavy atom. The summed E-state index contributed by atoms with van der Waals surface area (Å²) in [6, 6.07) is 5.92. The van der Waals surface area contributed by atoms with Crippen molar-refractivity contribution in [2.24, 2.45) is 0 Å². The van der Waals surface area contributed by atoms with Crippen molar-refractivity contribution in [3.05, 3.63) is 51.1 Å². The first-order valence-corrected chi connectivity index (χ1v) is 7.16.